The molecule has 24 heavy (non-hydrogen) atoms. The Morgan fingerprint density at radius 1 is 0.542 bits per heavy atom. The van der Waals surface area contributed by atoms with Crippen LogP contribution in [0.25, 0.3) is 11.1 Å². The maximum Gasteiger partial charge on any atom is -0.0112 e. The quantitative estimate of drug-likeness (QED) is 0.575. The van der Waals surface area contributed by atoms with Crippen molar-refractivity contribution in [3.63, 3.8) is 0 Å². The number of hydrogen-bond donors (Lipinski definition) is 0. The number of fused-ring (bicyclic) bond motifs is 2. The van der Waals surface area contributed by atoms with E-state index in [1.807, 2.05) is 0 Å². The molecular formula is C24H30. The van der Waals surface area contributed by atoms with Crippen molar-refractivity contribution >= 4 is 0 Å². The molecular weight excluding hydrogens is 288 g/mol. The molecule has 126 valence electrons. The normalized spacial score (nSPS) is 16.7. The first kappa shape index (κ1) is 15.9. The second-order valence-corrected chi connectivity index (χ2v) is 8.08. The Balaban J connectivity index is 2.07. The Morgan fingerprint density at radius 2 is 0.917 bits per heavy atom. The lowest BCUT2D eigenvalue weighted by Crippen LogP contribution is -2.12. The summed E-state index contributed by atoms with van der Waals surface area (Å²) >= 11 is 0. The van der Waals surface area contributed by atoms with Gasteiger partial charge < -0.3 is 0 Å². The molecule has 0 atom stereocenters. The molecule has 0 heterocycles. The summed E-state index contributed by atoms with van der Waals surface area (Å²) in [4.78, 5) is 0. The molecule has 0 bridgehead atoms. The molecule has 4 rings (SSSR count). The number of hydrogen-bond acceptors (Lipinski definition) is 0. The first-order valence-electron chi connectivity index (χ1n) is 9.82. The van der Waals surface area contributed by atoms with Crippen LogP contribution in [0, 0.1) is 27.7 Å². The van der Waals surface area contributed by atoms with Gasteiger partial charge in [-0.1, -0.05) is 12.1 Å². The van der Waals surface area contributed by atoms with E-state index in [9.17, 15) is 0 Å². The Hall–Kier alpha value is -1.56. The highest BCUT2D eigenvalue weighted by atomic mass is 14.3. The topological polar surface area (TPSA) is 0 Å². The summed E-state index contributed by atoms with van der Waals surface area (Å²) in [5.74, 6) is 0. The predicted molar refractivity (Wildman–Crippen MR) is 104 cm³/mol. The molecule has 0 aliphatic heterocycles. The molecule has 0 nitrogen and oxygen atoms in total. The van der Waals surface area contributed by atoms with Crippen molar-refractivity contribution in [2.75, 3.05) is 0 Å². The van der Waals surface area contributed by atoms with Gasteiger partial charge in [-0.3, -0.25) is 0 Å². The van der Waals surface area contributed by atoms with Gasteiger partial charge in [0, 0.05) is 0 Å². The fraction of sp³-hybridized carbons (Fsp3) is 0.500. The molecule has 0 fully saturated rings. The van der Waals surface area contributed by atoms with E-state index in [-0.39, 0.29) is 0 Å². The van der Waals surface area contributed by atoms with Gasteiger partial charge >= 0.3 is 0 Å². The third kappa shape index (κ3) is 2.42. The lowest BCUT2D eigenvalue weighted by Gasteiger charge is -2.29. The first-order valence-corrected chi connectivity index (χ1v) is 9.82. The van der Waals surface area contributed by atoms with Crippen LogP contribution < -0.4 is 0 Å². The van der Waals surface area contributed by atoms with E-state index < -0.39 is 0 Å². The van der Waals surface area contributed by atoms with E-state index in [4.69, 9.17) is 0 Å². The second-order valence-electron chi connectivity index (χ2n) is 8.08. The van der Waals surface area contributed by atoms with E-state index in [1.54, 1.807) is 33.4 Å². The molecule has 2 aliphatic rings. The monoisotopic (exact) mass is 318 g/mol. The van der Waals surface area contributed by atoms with Gasteiger partial charge in [0.25, 0.3) is 0 Å². The van der Waals surface area contributed by atoms with Crippen molar-refractivity contribution in [3.8, 4) is 11.1 Å². The average Bonchev–Trinajstić information content (AvgIpc) is 2.58. The minimum absolute atomic E-state index is 1.27. The fourth-order valence-corrected chi connectivity index (χ4v) is 5.01. The maximum absolute atomic E-state index is 2.48. The smallest absolute Gasteiger partial charge is 0.0112 e. The van der Waals surface area contributed by atoms with Gasteiger partial charge in [0.2, 0.25) is 0 Å². The van der Waals surface area contributed by atoms with Gasteiger partial charge in [-0.2, -0.15) is 0 Å². The zero-order chi connectivity index (χ0) is 16.8. The van der Waals surface area contributed by atoms with Gasteiger partial charge in [-0.15, -0.1) is 0 Å². The van der Waals surface area contributed by atoms with Gasteiger partial charge in [0.15, 0.2) is 0 Å². The summed E-state index contributed by atoms with van der Waals surface area (Å²) in [5, 5.41) is 0. The molecule has 0 heteroatoms. The minimum Gasteiger partial charge on any atom is -0.0555 e. The van der Waals surface area contributed by atoms with E-state index in [0.29, 0.717) is 0 Å². The number of aryl methyl sites for hydroxylation is 4. The van der Waals surface area contributed by atoms with Gasteiger partial charge in [0.05, 0.1) is 0 Å². The Kier molecular flexibility index (Phi) is 4.03. The molecule has 2 aliphatic carbocycles. The summed E-state index contributed by atoms with van der Waals surface area (Å²) in [6.45, 7) is 9.34. The van der Waals surface area contributed by atoms with Crippen molar-refractivity contribution in [2.45, 2.75) is 79.1 Å². The third-order valence-electron chi connectivity index (χ3n) is 6.59. The molecule has 2 aromatic carbocycles. The standard InChI is InChI=1S/C24H30/c1-15-13-19-9-5-7-11-21(19)23(17(15)3)24-18(4)16(2)14-20-10-6-8-12-22(20)24/h13-14H,5-12H2,1-4H3. The van der Waals surface area contributed by atoms with Crippen LogP contribution in [-0.2, 0) is 25.7 Å². The lowest BCUT2D eigenvalue weighted by atomic mass is 9.76. The molecule has 0 unspecified atom stereocenters. The van der Waals surface area contributed by atoms with Gasteiger partial charge in [-0.25, -0.2) is 0 Å². The highest BCUT2D eigenvalue weighted by Crippen LogP contribution is 2.42. The minimum atomic E-state index is 1.27. The fourth-order valence-electron chi connectivity index (χ4n) is 5.01. The van der Waals surface area contributed by atoms with Crippen LogP contribution in [-0.4, -0.2) is 0 Å². The van der Waals surface area contributed by atoms with Crippen molar-refractivity contribution in [1.82, 2.24) is 0 Å². The Bertz CT molecular complexity index is 738. The van der Waals surface area contributed by atoms with E-state index in [1.165, 1.54) is 73.6 Å². The summed E-state index contributed by atoms with van der Waals surface area (Å²) in [6, 6.07) is 4.95. The van der Waals surface area contributed by atoms with E-state index in [2.05, 4.69) is 39.8 Å². The Labute approximate surface area is 147 Å². The average molecular weight is 319 g/mol. The van der Waals surface area contributed by atoms with Crippen molar-refractivity contribution in [1.29, 1.82) is 0 Å². The van der Waals surface area contributed by atoms with Crippen LogP contribution in [0.4, 0.5) is 0 Å². The van der Waals surface area contributed by atoms with Crippen LogP contribution in [0.3, 0.4) is 0 Å². The first-order chi connectivity index (χ1) is 11.6. The van der Waals surface area contributed by atoms with Crippen LogP contribution in [0.1, 0.15) is 70.2 Å². The maximum atomic E-state index is 2.48. The van der Waals surface area contributed by atoms with Crippen LogP contribution in [0.2, 0.25) is 0 Å². The zero-order valence-electron chi connectivity index (χ0n) is 15.8. The van der Waals surface area contributed by atoms with E-state index in [0.717, 1.165) is 0 Å². The summed E-state index contributed by atoms with van der Waals surface area (Å²) in [6.07, 6.45) is 10.5. The summed E-state index contributed by atoms with van der Waals surface area (Å²) < 4.78 is 0. The molecule has 0 saturated carbocycles. The van der Waals surface area contributed by atoms with Crippen LogP contribution in [0.5, 0.6) is 0 Å². The molecule has 0 amide bonds. The Morgan fingerprint density at radius 3 is 1.33 bits per heavy atom. The molecule has 0 N–H and O–H groups in total. The lowest BCUT2D eigenvalue weighted by molar-refractivity contribution is 0.679. The summed E-state index contributed by atoms with van der Waals surface area (Å²) in [7, 11) is 0. The molecule has 0 aromatic heterocycles. The number of rotatable bonds is 1. The second kappa shape index (κ2) is 6.06. The van der Waals surface area contributed by atoms with Gasteiger partial charge in [0.1, 0.15) is 0 Å². The SMILES string of the molecule is Cc1cc2c(c(-c3c(C)c(C)cc4c3CCCC4)c1C)CCCC2. The van der Waals surface area contributed by atoms with Gasteiger partial charge in [-0.05, 0) is 135 Å². The molecule has 0 spiro atoms. The molecule has 0 saturated heterocycles. The predicted octanol–water partition coefficient (Wildman–Crippen LogP) is 6.34. The van der Waals surface area contributed by atoms with Crippen LogP contribution in [0.15, 0.2) is 12.1 Å². The number of benzene rings is 2. The van der Waals surface area contributed by atoms with Crippen molar-refractivity contribution < 1.29 is 0 Å². The molecule has 0 radical (unpaired) electrons. The summed E-state index contributed by atoms with van der Waals surface area (Å²) in [5.41, 5.74) is 15.8. The third-order valence-corrected chi connectivity index (χ3v) is 6.59. The highest BCUT2D eigenvalue weighted by molar-refractivity contribution is 5.81. The zero-order valence-corrected chi connectivity index (χ0v) is 15.8. The van der Waals surface area contributed by atoms with Crippen LogP contribution >= 0.6 is 0 Å². The van der Waals surface area contributed by atoms with E-state index >= 15 is 0 Å². The van der Waals surface area contributed by atoms with Crippen molar-refractivity contribution in [2.24, 2.45) is 0 Å². The molecule has 2 aromatic rings. The van der Waals surface area contributed by atoms with Crippen molar-refractivity contribution in [3.05, 3.63) is 56.6 Å². The largest absolute Gasteiger partial charge is 0.0555 e. The highest BCUT2D eigenvalue weighted by Gasteiger charge is 2.24.